The van der Waals surface area contributed by atoms with Gasteiger partial charge in [0.1, 0.15) is 17.1 Å². The molecular weight excluding hydrogens is 364 g/mol. The molecule has 0 saturated carbocycles. The van der Waals surface area contributed by atoms with Crippen molar-refractivity contribution < 1.29 is 14.4 Å². The Kier molecular flexibility index (Phi) is 3.43. The molecule has 0 spiro atoms. The Hall–Kier alpha value is -3.36. The van der Waals surface area contributed by atoms with Gasteiger partial charge in [-0.05, 0) is 18.2 Å². The number of carbonyl (C=O) groups excluding carboxylic acids is 2. The van der Waals surface area contributed by atoms with E-state index in [0.717, 1.165) is 20.7 Å². The van der Waals surface area contributed by atoms with Crippen LogP contribution in [-0.4, -0.2) is 26.8 Å². The summed E-state index contributed by atoms with van der Waals surface area (Å²) in [6.07, 6.45) is 0. The van der Waals surface area contributed by atoms with Crippen LogP contribution in [0.5, 0.6) is 0 Å². The van der Waals surface area contributed by atoms with Crippen LogP contribution < -0.4 is 5.73 Å². The van der Waals surface area contributed by atoms with Crippen molar-refractivity contribution in [2.75, 3.05) is 5.73 Å². The summed E-state index contributed by atoms with van der Waals surface area (Å²) >= 11 is 1.41. The van der Waals surface area contributed by atoms with Gasteiger partial charge in [-0.15, -0.1) is 16.4 Å². The quantitative estimate of drug-likeness (QED) is 0.552. The summed E-state index contributed by atoms with van der Waals surface area (Å²) < 4.78 is 0.902. The van der Waals surface area contributed by atoms with Gasteiger partial charge in [-0.3, -0.25) is 14.4 Å². The number of para-hydroxylation sites is 1. The van der Waals surface area contributed by atoms with Crippen LogP contribution in [0, 0.1) is 0 Å². The van der Waals surface area contributed by atoms with Crippen LogP contribution >= 0.6 is 11.3 Å². The molecule has 2 aromatic heterocycles. The van der Waals surface area contributed by atoms with Gasteiger partial charge in [0.15, 0.2) is 5.82 Å². The lowest BCUT2D eigenvalue weighted by atomic mass is 10.1. The second-order valence-corrected chi connectivity index (χ2v) is 7.11. The van der Waals surface area contributed by atoms with Crippen LogP contribution in [0.3, 0.4) is 0 Å². The molecule has 0 radical (unpaired) electrons. The van der Waals surface area contributed by atoms with Gasteiger partial charge in [-0.2, -0.15) is 0 Å². The molecule has 0 saturated heterocycles. The number of amides is 2. The van der Waals surface area contributed by atoms with Gasteiger partial charge in [-0.1, -0.05) is 30.3 Å². The van der Waals surface area contributed by atoms with Crippen molar-refractivity contribution in [1.29, 1.82) is 0 Å². The molecule has 132 valence electrons. The van der Waals surface area contributed by atoms with Crippen LogP contribution in [0.15, 0.2) is 48.5 Å². The minimum absolute atomic E-state index is 0.0153. The van der Waals surface area contributed by atoms with Gasteiger partial charge in [0.2, 0.25) is 0 Å². The number of rotatable bonds is 3. The lowest BCUT2D eigenvalue weighted by molar-refractivity contribution is -0.101. The third-order valence-electron chi connectivity index (χ3n) is 4.38. The second-order valence-electron chi connectivity index (χ2n) is 6.02. The van der Waals surface area contributed by atoms with Crippen molar-refractivity contribution in [2.45, 2.75) is 6.61 Å². The van der Waals surface area contributed by atoms with E-state index in [9.17, 15) is 9.59 Å². The SMILES string of the molecule is Nc1nc2ccccc2c2sc(CON3C(=O)c4ccccc4C3=O)nc12. The van der Waals surface area contributed by atoms with E-state index < -0.39 is 11.8 Å². The smallest absolute Gasteiger partial charge is 0.285 e. The topological polar surface area (TPSA) is 98.4 Å². The largest absolute Gasteiger partial charge is 0.382 e. The predicted octanol–water partition coefficient (Wildman–Crippen LogP) is 3.15. The number of fused-ring (bicyclic) bond motifs is 4. The van der Waals surface area contributed by atoms with E-state index in [1.54, 1.807) is 24.3 Å². The highest BCUT2D eigenvalue weighted by molar-refractivity contribution is 7.19. The number of aromatic nitrogens is 2. The first-order valence-electron chi connectivity index (χ1n) is 8.18. The molecule has 0 fully saturated rings. The molecule has 2 aromatic carbocycles. The zero-order valence-corrected chi connectivity index (χ0v) is 14.7. The number of thiazole rings is 1. The number of carbonyl (C=O) groups is 2. The van der Waals surface area contributed by atoms with Gasteiger partial charge in [-0.25, -0.2) is 9.97 Å². The average molecular weight is 376 g/mol. The van der Waals surface area contributed by atoms with E-state index >= 15 is 0 Å². The first-order chi connectivity index (χ1) is 13.1. The maximum Gasteiger partial charge on any atom is 0.285 e. The molecular formula is C19H12N4O3S. The normalized spacial score (nSPS) is 13.7. The molecule has 2 amide bonds. The Bertz CT molecular complexity index is 1220. The molecule has 0 bridgehead atoms. The molecule has 0 unspecified atom stereocenters. The molecule has 1 aliphatic rings. The molecule has 7 nitrogen and oxygen atoms in total. The number of nitrogens with two attached hydrogens (primary N) is 1. The third kappa shape index (κ3) is 2.38. The van der Waals surface area contributed by atoms with Crippen molar-refractivity contribution in [3.63, 3.8) is 0 Å². The number of anilines is 1. The molecule has 5 rings (SSSR count). The van der Waals surface area contributed by atoms with Gasteiger partial charge >= 0.3 is 0 Å². The summed E-state index contributed by atoms with van der Waals surface area (Å²) in [5.41, 5.74) is 8.09. The summed E-state index contributed by atoms with van der Waals surface area (Å²) in [4.78, 5) is 39.1. The predicted molar refractivity (Wildman–Crippen MR) is 101 cm³/mol. The molecule has 3 heterocycles. The zero-order chi connectivity index (χ0) is 18.5. The number of pyridine rings is 1. The minimum atomic E-state index is -0.469. The first kappa shape index (κ1) is 15.9. The highest BCUT2D eigenvalue weighted by atomic mass is 32.1. The maximum atomic E-state index is 12.4. The Morgan fingerprint density at radius 3 is 2.37 bits per heavy atom. The fourth-order valence-electron chi connectivity index (χ4n) is 3.13. The Morgan fingerprint density at radius 2 is 1.63 bits per heavy atom. The van der Waals surface area contributed by atoms with E-state index in [0.29, 0.717) is 27.5 Å². The molecule has 2 N–H and O–H groups in total. The Balaban J connectivity index is 1.46. The van der Waals surface area contributed by atoms with Gasteiger partial charge < -0.3 is 5.73 Å². The average Bonchev–Trinajstić information content (AvgIpc) is 3.22. The second kappa shape index (κ2) is 5.83. The Labute approximate surface area is 157 Å². The van der Waals surface area contributed by atoms with Crippen molar-refractivity contribution >= 4 is 50.1 Å². The van der Waals surface area contributed by atoms with E-state index in [1.807, 2.05) is 24.3 Å². The van der Waals surface area contributed by atoms with Gasteiger partial charge in [0.25, 0.3) is 11.8 Å². The number of nitrogen functional groups attached to an aromatic ring is 1. The molecule has 4 aromatic rings. The summed E-state index contributed by atoms with van der Waals surface area (Å²) in [7, 11) is 0. The first-order valence-corrected chi connectivity index (χ1v) is 8.99. The summed E-state index contributed by atoms with van der Waals surface area (Å²) in [6.45, 7) is -0.0153. The summed E-state index contributed by atoms with van der Waals surface area (Å²) in [5.74, 6) is -0.599. The van der Waals surface area contributed by atoms with Crippen LogP contribution in [-0.2, 0) is 11.4 Å². The number of hydrogen-bond donors (Lipinski definition) is 1. The number of hydroxylamine groups is 2. The van der Waals surface area contributed by atoms with Crippen molar-refractivity contribution in [3.8, 4) is 0 Å². The van der Waals surface area contributed by atoms with E-state index in [1.165, 1.54) is 11.3 Å². The summed E-state index contributed by atoms with van der Waals surface area (Å²) in [6, 6.07) is 14.3. The van der Waals surface area contributed by atoms with E-state index in [2.05, 4.69) is 9.97 Å². The molecule has 1 aliphatic heterocycles. The van der Waals surface area contributed by atoms with E-state index in [4.69, 9.17) is 10.6 Å². The lowest BCUT2D eigenvalue weighted by Crippen LogP contribution is -2.29. The molecule has 27 heavy (non-hydrogen) atoms. The van der Waals surface area contributed by atoms with Crippen LogP contribution in [0.25, 0.3) is 21.1 Å². The molecule has 8 heteroatoms. The van der Waals surface area contributed by atoms with Crippen molar-refractivity contribution in [2.24, 2.45) is 0 Å². The fourth-order valence-corrected chi connectivity index (χ4v) is 4.15. The van der Waals surface area contributed by atoms with Crippen LogP contribution in [0.4, 0.5) is 5.82 Å². The number of nitrogens with zero attached hydrogens (tertiary/aromatic N) is 3. The van der Waals surface area contributed by atoms with Crippen LogP contribution in [0.2, 0.25) is 0 Å². The van der Waals surface area contributed by atoms with Gasteiger partial charge in [0, 0.05) is 5.39 Å². The number of benzene rings is 2. The highest BCUT2D eigenvalue weighted by Gasteiger charge is 2.36. The fraction of sp³-hybridized carbons (Fsp3) is 0.0526. The standard InChI is InChI=1S/C19H12N4O3S/c20-17-15-16(12-7-3-4-8-13(12)21-17)27-14(22-15)9-26-23-18(24)10-5-1-2-6-11(10)19(23)25/h1-8H,9H2,(H2,20,21). The monoisotopic (exact) mass is 376 g/mol. The number of imide groups is 1. The van der Waals surface area contributed by atoms with Crippen LogP contribution in [0.1, 0.15) is 25.7 Å². The van der Waals surface area contributed by atoms with E-state index in [-0.39, 0.29) is 6.61 Å². The molecule has 0 aliphatic carbocycles. The van der Waals surface area contributed by atoms with Gasteiger partial charge in [0.05, 0.1) is 21.3 Å². The summed E-state index contributed by atoms with van der Waals surface area (Å²) in [5, 5.41) is 2.34. The highest BCUT2D eigenvalue weighted by Crippen LogP contribution is 2.33. The Morgan fingerprint density at radius 1 is 0.963 bits per heavy atom. The number of hydrogen-bond acceptors (Lipinski definition) is 7. The minimum Gasteiger partial charge on any atom is -0.382 e. The maximum absolute atomic E-state index is 12.4. The third-order valence-corrected chi connectivity index (χ3v) is 5.44. The van der Waals surface area contributed by atoms with Crippen molar-refractivity contribution in [1.82, 2.24) is 15.0 Å². The zero-order valence-electron chi connectivity index (χ0n) is 13.9. The van der Waals surface area contributed by atoms with Crippen molar-refractivity contribution in [3.05, 3.63) is 64.7 Å². The molecule has 0 atom stereocenters. The lowest BCUT2D eigenvalue weighted by Gasteiger charge is -2.11.